The lowest BCUT2D eigenvalue weighted by molar-refractivity contribution is 0.0949. The van der Waals surface area contributed by atoms with E-state index in [2.05, 4.69) is 34.6 Å². The number of nitrogens with one attached hydrogen (secondary N) is 1. The van der Waals surface area contributed by atoms with Gasteiger partial charge in [-0.15, -0.1) is 10.2 Å². The maximum absolute atomic E-state index is 12.9. The second-order valence-electron chi connectivity index (χ2n) is 8.13. The van der Waals surface area contributed by atoms with Gasteiger partial charge in [-0.3, -0.25) is 9.36 Å². The van der Waals surface area contributed by atoms with Crippen LogP contribution in [0.1, 0.15) is 32.9 Å². The van der Waals surface area contributed by atoms with Gasteiger partial charge in [-0.25, -0.2) is 0 Å². The minimum atomic E-state index is -0.241. The Kier molecular flexibility index (Phi) is 6.66. The Morgan fingerprint density at radius 1 is 1.03 bits per heavy atom. The Morgan fingerprint density at radius 3 is 2.71 bits per heavy atom. The van der Waals surface area contributed by atoms with E-state index in [-0.39, 0.29) is 19.2 Å². The zero-order valence-electron chi connectivity index (χ0n) is 19.2. The predicted octanol–water partition coefficient (Wildman–Crippen LogP) is 5.49. The van der Waals surface area contributed by atoms with Gasteiger partial charge in [0, 0.05) is 16.3 Å². The van der Waals surface area contributed by atoms with Crippen LogP contribution in [0.5, 0.6) is 11.5 Å². The van der Waals surface area contributed by atoms with Crippen LogP contribution in [-0.2, 0) is 12.3 Å². The average molecular weight is 507 g/mol. The zero-order valence-corrected chi connectivity index (χ0v) is 20.8. The molecule has 0 saturated carbocycles. The zero-order chi connectivity index (χ0) is 24.4. The first-order valence-electron chi connectivity index (χ1n) is 11.1. The molecular weight excluding hydrogens is 484 g/mol. The second-order valence-corrected chi connectivity index (χ2v) is 9.51. The summed E-state index contributed by atoms with van der Waals surface area (Å²) in [5, 5.41) is 13.2. The first-order chi connectivity index (χ1) is 17.0. The number of rotatable bonds is 7. The third-order valence-electron chi connectivity index (χ3n) is 5.77. The molecule has 1 aliphatic rings. The average Bonchev–Trinajstić information content (AvgIpc) is 3.50. The summed E-state index contributed by atoms with van der Waals surface area (Å²) in [4.78, 5) is 12.9. The van der Waals surface area contributed by atoms with Crippen LogP contribution >= 0.6 is 23.4 Å². The molecule has 0 unspecified atom stereocenters. The van der Waals surface area contributed by atoms with Crippen molar-refractivity contribution in [1.82, 2.24) is 20.1 Å². The molecule has 0 atom stereocenters. The number of halogens is 1. The van der Waals surface area contributed by atoms with E-state index in [4.69, 9.17) is 21.1 Å². The molecule has 0 radical (unpaired) electrons. The van der Waals surface area contributed by atoms with Gasteiger partial charge >= 0.3 is 0 Å². The fraction of sp³-hybridized carbons (Fsp3) is 0.192. The van der Waals surface area contributed by atoms with E-state index in [1.807, 2.05) is 41.8 Å². The van der Waals surface area contributed by atoms with Gasteiger partial charge in [0.05, 0.1) is 12.2 Å². The maximum atomic E-state index is 12.9. The molecule has 178 valence electrons. The van der Waals surface area contributed by atoms with Gasteiger partial charge < -0.3 is 14.8 Å². The number of carbonyl (C=O) groups excluding carboxylic acids is 1. The number of aromatic nitrogens is 3. The molecule has 7 nitrogen and oxygen atoms in total. The molecule has 5 rings (SSSR count). The molecule has 35 heavy (non-hydrogen) atoms. The van der Waals surface area contributed by atoms with Crippen LogP contribution in [-0.4, -0.2) is 27.5 Å². The Morgan fingerprint density at radius 2 is 1.86 bits per heavy atom. The van der Waals surface area contributed by atoms with Crippen LogP contribution in [0.15, 0.2) is 65.8 Å². The highest BCUT2D eigenvalue weighted by molar-refractivity contribution is 7.98. The summed E-state index contributed by atoms with van der Waals surface area (Å²) in [7, 11) is 0. The van der Waals surface area contributed by atoms with Crippen molar-refractivity contribution in [3.05, 3.63) is 93.8 Å². The van der Waals surface area contributed by atoms with E-state index < -0.39 is 0 Å². The molecule has 1 aliphatic heterocycles. The number of nitrogens with zero attached hydrogens (tertiary/aromatic N) is 3. The number of benzene rings is 3. The van der Waals surface area contributed by atoms with Gasteiger partial charge in [0.25, 0.3) is 5.91 Å². The second kappa shape index (κ2) is 10.0. The van der Waals surface area contributed by atoms with E-state index in [0.29, 0.717) is 27.9 Å². The fourth-order valence-electron chi connectivity index (χ4n) is 3.79. The Balaban J connectivity index is 1.41. The molecule has 0 saturated heterocycles. The van der Waals surface area contributed by atoms with Crippen molar-refractivity contribution in [3.8, 4) is 17.2 Å². The summed E-state index contributed by atoms with van der Waals surface area (Å²) >= 11 is 7.93. The summed E-state index contributed by atoms with van der Waals surface area (Å²) in [6.45, 7) is 4.46. The van der Waals surface area contributed by atoms with Crippen LogP contribution in [0.4, 0.5) is 0 Å². The minimum Gasteiger partial charge on any atom is -0.454 e. The molecule has 3 aromatic carbocycles. The number of hydrogen-bond donors (Lipinski definition) is 1. The fourth-order valence-corrected chi connectivity index (χ4v) is 4.99. The number of amides is 1. The van der Waals surface area contributed by atoms with Crippen molar-refractivity contribution >= 4 is 29.3 Å². The highest BCUT2D eigenvalue weighted by Gasteiger charge is 2.20. The summed E-state index contributed by atoms with van der Waals surface area (Å²) in [5.74, 6) is 2.30. The molecule has 4 aromatic rings. The smallest absolute Gasteiger partial charge is 0.251 e. The van der Waals surface area contributed by atoms with Crippen LogP contribution in [0.3, 0.4) is 0 Å². The molecule has 1 amide bonds. The third kappa shape index (κ3) is 4.99. The van der Waals surface area contributed by atoms with Gasteiger partial charge in [-0.05, 0) is 60.9 Å². The quantitative estimate of drug-likeness (QED) is 0.334. The lowest BCUT2D eigenvalue weighted by atomic mass is 10.1. The lowest BCUT2D eigenvalue weighted by Crippen LogP contribution is -2.24. The van der Waals surface area contributed by atoms with Gasteiger partial charge in [0.15, 0.2) is 22.5 Å². The first kappa shape index (κ1) is 23.3. The predicted molar refractivity (Wildman–Crippen MR) is 136 cm³/mol. The van der Waals surface area contributed by atoms with Gasteiger partial charge in [-0.1, -0.05) is 53.7 Å². The van der Waals surface area contributed by atoms with Crippen LogP contribution in [0.2, 0.25) is 5.02 Å². The first-order valence-corrected chi connectivity index (χ1v) is 12.4. The molecule has 9 heteroatoms. The summed E-state index contributed by atoms with van der Waals surface area (Å²) in [6.07, 6.45) is 0. The summed E-state index contributed by atoms with van der Waals surface area (Å²) in [6, 6.07) is 19.1. The Hall–Kier alpha value is -3.49. The number of hydrogen-bond acceptors (Lipinski definition) is 6. The molecule has 2 heterocycles. The lowest BCUT2D eigenvalue weighted by Gasteiger charge is -2.14. The monoisotopic (exact) mass is 506 g/mol. The van der Waals surface area contributed by atoms with Crippen LogP contribution in [0.25, 0.3) is 5.69 Å². The Bertz CT molecular complexity index is 1410. The van der Waals surface area contributed by atoms with E-state index in [1.54, 1.807) is 30.0 Å². The molecule has 0 aliphatic carbocycles. The molecule has 0 fully saturated rings. The van der Waals surface area contributed by atoms with Crippen LogP contribution in [0, 0.1) is 13.8 Å². The normalized spacial score (nSPS) is 12.1. The van der Waals surface area contributed by atoms with Crippen molar-refractivity contribution in [3.63, 3.8) is 0 Å². The number of aryl methyl sites for hydroxylation is 2. The van der Waals surface area contributed by atoms with Crippen molar-refractivity contribution in [1.29, 1.82) is 0 Å². The van der Waals surface area contributed by atoms with Gasteiger partial charge in [0.2, 0.25) is 6.79 Å². The van der Waals surface area contributed by atoms with E-state index >= 15 is 0 Å². The number of fused-ring (bicyclic) bond motifs is 1. The van der Waals surface area contributed by atoms with Gasteiger partial charge in [-0.2, -0.15) is 0 Å². The number of carbonyl (C=O) groups is 1. The van der Waals surface area contributed by atoms with Crippen molar-refractivity contribution in [2.75, 3.05) is 6.79 Å². The highest BCUT2D eigenvalue weighted by atomic mass is 35.5. The van der Waals surface area contributed by atoms with Crippen molar-refractivity contribution in [2.24, 2.45) is 0 Å². The SMILES string of the molecule is Cc1ccccc1CSc1nnc(CNC(=O)c2ccc3c(c2)OCO3)n1-c1cc(Cl)ccc1C. The third-order valence-corrected chi connectivity index (χ3v) is 6.99. The van der Waals surface area contributed by atoms with Gasteiger partial charge in [0.1, 0.15) is 0 Å². The Labute approximate surface area is 212 Å². The van der Waals surface area contributed by atoms with Crippen molar-refractivity contribution < 1.29 is 14.3 Å². The summed E-state index contributed by atoms with van der Waals surface area (Å²) < 4.78 is 12.7. The number of thioether (sulfide) groups is 1. The topological polar surface area (TPSA) is 78.3 Å². The standard InChI is InChI=1S/C26H23ClN4O3S/c1-16-5-3-4-6-19(16)14-35-26-30-29-24(31(26)21-12-20(27)9-7-17(21)2)13-28-25(32)18-8-10-22-23(11-18)34-15-33-22/h3-12H,13-15H2,1-2H3,(H,28,32). The van der Waals surface area contributed by atoms with Crippen molar-refractivity contribution in [2.45, 2.75) is 31.3 Å². The molecular formula is C26H23ClN4O3S. The largest absolute Gasteiger partial charge is 0.454 e. The molecule has 0 spiro atoms. The molecule has 1 N–H and O–H groups in total. The number of ether oxygens (including phenoxy) is 2. The molecule has 0 bridgehead atoms. The maximum Gasteiger partial charge on any atom is 0.251 e. The highest BCUT2D eigenvalue weighted by Crippen LogP contribution is 2.33. The minimum absolute atomic E-state index is 0.158. The van der Waals surface area contributed by atoms with E-state index in [9.17, 15) is 4.79 Å². The van der Waals surface area contributed by atoms with E-state index in [1.165, 1.54) is 11.1 Å². The molecule has 1 aromatic heterocycles. The summed E-state index contributed by atoms with van der Waals surface area (Å²) in [5.41, 5.74) is 4.83. The van der Waals surface area contributed by atoms with Crippen LogP contribution < -0.4 is 14.8 Å². The van der Waals surface area contributed by atoms with E-state index in [0.717, 1.165) is 22.2 Å².